The molecule has 1 unspecified atom stereocenters. The molecule has 1 atom stereocenters. The Morgan fingerprint density at radius 3 is 2.61 bits per heavy atom. The van der Waals surface area contributed by atoms with E-state index in [1.54, 1.807) is 6.20 Å². The number of ether oxygens (including phenoxy) is 1. The highest BCUT2D eigenvalue weighted by molar-refractivity contribution is 9.10. The number of hydrogen-bond acceptors (Lipinski definition) is 3. The molecule has 0 aliphatic carbocycles. The smallest absolute Gasteiger partial charge is 0.407 e. The molecule has 144 valence electrons. The van der Waals surface area contributed by atoms with E-state index in [4.69, 9.17) is 4.74 Å². The summed E-state index contributed by atoms with van der Waals surface area (Å²) in [6, 6.07) is 16.3. The highest BCUT2D eigenvalue weighted by Crippen LogP contribution is 2.47. The third-order valence-electron chi connectivity index (χ3n) is 4.88. The first-order valence-corrected chi connectivity index (χ1v) is 9.95. The van der Waals surface area contributed by atoms with Crippen LogP contribution in [-0.4, -0.2) is 27.8 Å². The summed E-state index contributed by atoms with van der Waals surface area (Å²) in [6.07, 6.45) is 3.30. The largest absolute Gasteiger partial charge is 0.446 e. The van der Waals surface area contributed by atoms with E-state index in [2.05, 4.69) is 55.1 Å². The number of hydrogen-bond donors (Lipinski definition) is 1. The first-order chi connectivity index (χ1) is 13.3. The zero-order chi connectivity index (χ0) is 19.9. The zero-order valence-electron chi connectivity index (χ0n) is 16.1. The average Bonchev–Trinajstić information content (AvgIpc) is 3.21. The Morgan fingerprint density at radius 2 is 1.89 bits per heavy atom. The Labute approximate surface area is 172 Å². The van der Waals surface area contributed by atoms with E-state index in [-0.39, 0.29) is 12.1 Å². The number of benzene rings is 2. The average molecular weight is 440 g/mol. The molecule has 1 aromatic heterocycles. The second-order valence-corrected chi connectivity index (χ2v) is 8.90. The number of carbonyl (C=O) groups is 1. The van der Waals surface area contributed by atoms with E-state index in [0.717, 1.165) is 27.0 Å². The number of rotatable bonds is 3. The third-order valence-corrected chi connectivity index (χ3v) is 5.41. The maximum absolute atomic E-state index is 12.4. The standard InChI is InChI=1S/C22H22BrN3O2/c1-21(2,3)25-20(27)28-14-22(15-8-10-16(23)11-9-15)18-7-5-4-6-17(18)19-24-12-13-26(19)22/h4-13H,14H2,1-3H3,(H,25,27). The first kappa shape index (κ1) is 18.7. The Hall–Kier alpha value is -2.60. The third kappa shape index (κ3) is 3.11. The van der Waals surface area contributed by atoms with Crippen LogP contribution in [0.2, 0.25) is 0 Å². The van der Waals surface area contributed by atoms with Crippen molar-refractivity contribution in [3.8, 4) is 11.4 Å². The van der Waals surface area contributed by atoms with E-state index in [1.807, 2.05) is 51.2 Å². The van der Waals surface area contributed by atoms with Gasteiger partial charge < -0.3 is 14.6 Å². The summed E-state index contributed by atoms with van der Waals surface area (Å²) in [5.74, 6) is 0.873. The van der Waals surface area contributed by atoms with Gasteiger partial charge in [0, 0.05) is 28.0 Å². The Kier molecular flexibility index (Phi) is 4.54. The molecular weight excluding hydrogens is 418 g/mol. The summed E-state index contributed by atoms with van der Waals surface area (Å²) in [4.78, 5) is 17.0. The number of fused-ring (bicyclic) bond motifs is 3. The van der Waals surface area contributed by atoms with Gasteiger partial charge in [-0.25, -0.2) is 9.78 Å². The lowest BCUT2D eigenvalue weighted by Crippen LogP contribution is -2.44. The lowest BCUT2D eigenvalue weighted by atomic mass is 9.83. The fourth-order valence-electron chi connectivity index (χ4n) is 3.74. The molecule has 0 spiro atoms. The van der Waals surface area contributed by atoms with Crippen molar-refractivity contribution >= 4 is 22.0 Å². The molecule has 1 N–H and O–H groups in total. The molecule has 28 heavy (non-hydrogen) atoms. The number of aromatic nitrogens is 2. The molecule has 3 aromatic rings. The SMILES string of the molecule is CC(C)(C)NC(=O)OCC1(c2ccc(Br)cc2)c2ccccc2-c2nccn21. The van der Waals surface area contributed by atoms with Gasteiger partial charge in [-0.05, 0) is 44.0 Å². The van der Waals surface area contributed by atoms with Crippen LogP contribution in [0.1, 0.15) is 31.9 Å². The molecule has 0 bridgehead atoms. The van der Waals surface area contributed by atoms with Crippen LogP contribution in [0.25, 0.3) is 11.4 Å². The Bertz CT molecular complexity index is 1020. The molecule has 1 amide bonds. The topological polar surface area (TPSA) is 56.1 Å². The molecule has 6 heteroatoms. The van der Waals surface area contributed by atoms with Gasteiger partial charge in [-0.3, -0.25) is 0 Å². The van der Waals surface area contributed by atoms with E-state index in [9.17, 15) is 4.79 Å². The van der Waals surface area contributed by atoms with Crippen LogP contribution < -0.4 is 5.32 Å². The summed E-state index contributed by atoms with van der Waals surface area (Å²) in [7, 11) is 0. The van der Waals surface area contributed by atoms with E-state index >= 15 is 0 Å². The summed E-state index contributed by atoms with van der Waals surface area (Å²) in [5.41, 5.74) is 2.12. The fourth-order valence-corrected chi connectivity index (χ4v) is 4.01. The first-order valence-electron chi connectivity index (χ1n) is 9.16. The predicted octanol–water partition coefficient (Wildman–Crippen LogP) is 4.94. The fraction of sp³-hybridized carbons (Fsp3) is 0.273. The van der Waals surface area contributed by atoms with Gasteiger partial charge in [0.2, 0.25) is 0 Å². The maximum atomic E-state index is 12.4. The summed E-state index contributed by atoms with van der Waals surface area (Å²) >= 11 is 3.51. The summed E-state index contributed by atoms with van der Waals surface area (Å²) < 4.78 is 8.86. The minimum Gasteiger partial charge on any atom is -0.446 e. The van der Waals surface area contributed by atoms with E-state index in [0.29, 0.717) is 0 Å². The predicted molar refractivity (Wildman–Crippen MR) is 112 cm³/mol. The molecular formula is C22H22BrN3O2. The Balaban J connectivity index is 1.82. The molecule has 0 saturated heterocycles. The van der Waals surface area contributed by atoms with Crippen molar-refractivity contribution in [2.45, 2.75) is 31.8 Å². The lowest BCUT2D eigenvalue weighted by molar-refractivity contribution is 0.111. The van der Waals surface area contributed by atoms with Gasteiger partial charge in [0.15, 0.2) is 0 Å². The number of carbonyl (C=O) groups excluding carboxylic acids is 1. The Morgan fingerprint density at radius 1 is 1.18 bits per heavy atom. The van der Waals surface area contributed by atoms with Gasteiger partial charge in [-0.2, -0.15) is 0 Å². The van der Waals surface area contributed by atoms with E-state index in [1.165, 1.54) is 0 Å². The number of nitrogens with one attached hydrogen (secondary N) is 1. The number of nitrogens with zero attached hydrogens (tertiary/aromatic N) is 2. The molecule has 4 rings (SSSR count). The number of amides is 1. The van der Waals surface area contributed by atoms with Crippen LogP contribution in [0.15, 0.2) is 65.4 Å². The molecule has 1 aliphatic rings. The quantitative estimate of drug-likeness (QED) is 0.628. The van der Waals surface area contributed by atoms with Crippen molar-refractivity contribution in [3.05, 3.63) is 76.5 Å². The van der Waals surface area contributed by atoms with Gasteiger partial charge in [0.05, 0.1) is 0 Å². The van der Waals surface area contributed by atoms with Crippen LogP contribution in [0.4, 0.5) is 4.79 Å². The van der Waals surface area contributed by atoms with Crippen molar-refractivity contribution in [2.75, 3.05) is 6.61 Å². The molecule has 1 aliphatic heterocycles. The van der Waals surface area contributed by atoms with Crippen LogP contribution >= 0.6 is 15.9 Å². The molecule has 5 nitrogen and oxygen atoms in total. The van der Waals surface area contributed by atoms with Crippen LogP contribution in [0, 0.1) is 0 Å². The summed E-state index contributed by atoms with van der Waals surface area (Å²) in [5, 5.41) is 2.87. The number of alkyl carbamates (subject to hydrolysis) is 1. The summed E-state index contributed by atoms with van der Waals surface area (Å²) in [6.45, 7) is 5.95. The van der Waals surface area contributed by atoms with Crippen molar-refractivity contribution in [1.29, 1.82) is 0 Å². The van der Waals surface area contributed by atoms with Crippen LogP contribution in [0.5, 0.6) is 0 Å². The van der Waals surface area contributed by atoms with Crippen LogP contribution in [-0.2, 0) is 10.3 Å². The van der Waals surface area contributed by atoms with Crippen molar-refractivity contribution in [1.82, 2.24) is 14.9 Å². The van der Waals surface area contributed by atoms with Crippen LogP contribution in [0.3, 0.4) is 0 Å². The molecule has 0 fully saturated rings. The van der Waals surface area contributed by atoms with Gasteiger partial charge in [-0.1, -0.05) is 52.3 Å². The molecule has 2 aromatic carbocycles. The minimum absolute atomic E-state index is 0.164. The van der Waals surface area contributed by atoms with Gasteiger partial charge in [0.1, 0.15) is 18.0 Å². The van der Waals surface area contributed by atoms with Crippen molar-refractivity contribution in [2.24, 2.45) is 0 Å². The maximum Gasteiger partial charge on any atom is 0.407 e. The highest BCUT2D eigenvalue weighted by Gasteiger charge is 2.46. The molecule has 0 radical (unpaired) electrons. The second kappa shape index (κ2) is 6.78. The van der Waals surface area contributed by atoms with Crippen molar-refractivity contribution < 1.29 is 9.53 Å². The number of imidazole rings is 1. The van der Waals surface area contributed by atoms with Gasteiger partial charge in [0.25, 0.3) is 0 Å². The normalized spacial score (nSPS) is 17.7. The minimum atomic E-state index is -0.668. The lowest BCUT2D eigenvalue weighted by Gasteiger charge is -2.33. The number of halogens is 1. The zero-order valence-corrected chi connectivity index (χ0v) is 17.7. The van der Waals surface area contributed by atoms with Gasteiger partial charge in [-0.15, -0.1) is 0 Å². The van der Waals surface area contributed by atoms with E-state index < -0.39 is 11.6 Å². The van der Waals surface area contributed by atoms with Crippen molar-refractivity contribution in [3.63, 3.8) is 0 Å². The monoisotopic (exact) mass is 439 g/mol. The molecule has 2 heterocycles. The highest BCUT2D eigenvalue weighted by atomic mass is 79.9. The molecule has 0 saturated carbocycles. The van der Waals surface area contributed by atoms with Gasteiger partial charge >= 0.3 is 6.09 Å². The second-order valence-electron chi connectivity index (χ2n) is 7.98.